The summed E-state index contributed by atoms with van der Waals surface area (Å²) in [6.07, 6.45) is -4.84. The quantitative estimate of drug-likeness (QED) is 0.809. The van der Waals surface area contributed by atoms with E-state index >= 15 is 0 Å². The van der Waals surface area contributed by atoms with Gasteiger partial charge in [-0.2, -0.15) is 4.98 Å². The van der Waals surface area contributed by atoms with Crippen LogP contribution in [-0.2, 0) is 0 Å². The second-order valence-corrected chi connectivity index (χ2v) is 3.34. The molecule has 0 aromatic carbocycles. The maximum Gasteiger partial charge on any atom is 0.574 e. The minimum Gasteiger partial charge on any atom is -0.504 e. The molecule has 1 N–H and O–H groups in total. The molecular formula is C6H2BrClF3NO2. The van der Waals surface area contributed by atoms with E-state index in [1.807, 2.05) is 0 Å². The molecule has 14 heavy (non-hydrogen) atoms. The van der Waals surface area contributed by atoms with Gasteiger partial charge in [-0.15, -0.1) is 13.2 Å². The molecule has 0 spiro atoms. The maximum absolute atomic E-state index is 11.7. The standard InChI is InChI=1S/C6H2BrClF3NO2/c7-2-1-3(14-6(9,10)11)12-5(8)4(2)13/h1,13H. The number of hydrogen-bond acceptors (Lipinski definition) is 3. The molecule has 0 aliphatic carbocycles. The largest absolute Gasteiger partial charge is 0.574 e. The Kier molecular flexibility index (Phi) is 3.10. The zero-order chi connectivity index (χ0) is 10.9. The van der Waals surface area contributed by atoms with Gasteiger partial charge in [0, 0.05) is 6.07 Å². The average Bonchev–Trinajstić information content (AvgIpc) is 1.96. The van der Waals surface area contributed by atoms with Crippen LogP contribution in [0.5, 0.6) is 11.6 Å². The van der Waals surface area contributed by atoms with Crippen molar-refractivity contribution in [2.75, 3.05) is 0 Å². The van der Waals surface area contributed by atoms with Crippen LogP contribution < -0.4 is 4.74 Å². The predicted octanol–water partition coefficient (Wildman–Crippen LogP) is 3.10. The maximum atomic E-state index is 11.7. The molecule has 0 amide bonds. The highest BCUT2D eigenvalue weighted by atomic mass is 79.9. The van der Waals surface area contributed by atoms with E-state index in [0.717, 1.165) is 6.07 Å². The Morgan fingerprint density at radius 2 is 2.07 bits per heavy atom. The number of aromatic nitrogens is 1. The smallest absolute Gasteiger partial charge is 0.504 e. The minimum absolute atomic E-state index is 0.0308. The fourth-order valence-electron chi connectivity index (χ4n) is 0.628. The van der Waals surface area contributed by atoms with Crippen LogP contribution in [0.3, 0.4) is 0 Å². The van der Waals surface area contributed by atoms with E-state index < -0.39 is 23.1 Å². The summed E-state index contributed by atoms with van der Waals surface area (Å²) in [7, 11) is 0. The SMILES string of the molecule is Oc1c(Br)cc(OC(F)(F)F)nc1Cl. The van der Waals surface area contributed by atoms with Crippen LogP contribution in [0.2, 0.25) is 5.15 Å². The van der Waals surface area contributed by atoms with Crippen LogP contribution in [0.25, 0.3) is 0 Å². The molecule has 0 radical (unpaired) electrons. The number of rotatable bonds is 1. The van der Waals surface area contributed by atoms with Crippen LogP contribution in [0.1, 0.15) is 0 Å². The fourth-order valence-corrected chi connectivity index (χ4v) is 1.31. The molecule has 0 atom stereocenters. The van der Waals surface area contributed by atoms with Gasteiger partial charge >= 0.3 is 6.36 Å². The summed E-state index contributed by atoms with van der Waals surface area (Å²) in [4.78, 5) is 3.16. The molecule has 1 heterocycles. The number of halogens is 5. The summed E-state index contributed by atoms with van der Waals surface area (Å²) in [6.45, 7) is 0. The monoisotopic (exact) mass is 291 g/mol. The van der Waals surface area contributed by atoms with E-state index in [0.29, 0.717) is 0 Å². The summed E-state index contributed by atoms with van der Waals surface area (Å²) in [5.74, 6) is -1.19. The first-order valence-electron chi connectivity index (χ1n) is 3.10. The Bertz CT molecular complexity index is 334. The molecule has 0 saturated heterocycles. The Morgan fingerprint density at radius 1 is 1.50 bits per heavy atom. The van der Waals surface area contributed by atoms with Crippen molar-refractivity contribution in [2.45, 2.75) is 6.36 Å². The van der Waals surface area contributed by atoms with Gasteiger partial charge in [0.1, 0.15) is 0 Å². The van der Waals surface area contributed by atoms with Crippen molar-refractivity contribution in [3.63, 3.8) is 0 Å². The van der Waals surface area contributed by atoms with Gasteiger partial charge in [0.2, 0.25) is 5.88 Å². The molecule has 0 aliphatic heterocycles. The summed E-state index contributed by atoms with van der Waals surface area (Å²) in [6, 6.07) is 0.856. The number of hydrogen-bond donors (Lipinski definition) is 1. The summed E-state index contributed by atoms with van der Waals surface area (Å²) < 4.78 is 38.6. The zero-order valence-electron chi connectivity index (χ0n) is 6.27. The van der Waals surface area contributed by atoms with E-state index in [1.165, 1.54) is 0 Å². The van der Waals surface area contributed by atoms with Crippen molar-refractivity contribution in [1.29, 1.82) is 0 Å². The Hall–Kier alpha value is -0.690. The molecule has 0 unspecified atom stereocenters. The summed E-state index contributed by atoms with van der Waals surface area (Å²) >= 11 is 8.09. The molecule has 78 valence electrons. The molecule has 0 bridgehead atoms. The topological polar surface area (TPSA) is 42.4 Å². The summed E-state index contributed by atoms with van der Waals surface area (Å²) in [5, 5.41) is 8.58. The van der Waals surface area contributed by atoms with E-state index in [4.69, 9.17) is 16.7 Å². The first kappa shape index (κ1) is 11.4. The third kappa shape index (κ3) is 2.91. The van der Waals surface area contributed by atoms with Gasteiger partial charge in [-0.1, -0.05) is 11.6 Å². The number of alkyl halides is 3. The highest BCUT2D eigenvalue weighted by Gasteiger charge is 2.32. The van der Waals surface area contributed by atoms with Crippen LogP contribution in [-0.4, -0.2) is 16.5 Å². The van der Waals surface area contributed by atoms with Crippen LogP contribution in [0.15, 0.2) is 10.5 Å². The first-order chi connectivity index (χ1) is 6.29. The molecular weight excluding hydrogens is 290 g/mol. The second-order valence-electron chi connectivity index (χ2n) is 2.13. The Balaban J connectivity index is 3.02. The van der Waals surface area contributed by atoms with Gasteiger partial charge in [-0.05, 0) is 15.9 Å². The second kappa shape index (κ2) is 3.82. The van der Waals surface area contributed by atoms with Gasteiger partial charge in [0.15, 0.2) is 10.9 Å². The molecule has 1 rings (SSSR count). The lowest BCUT2D eigenvalue weighted by atomic mass is 10.4. The Labute approximate surface area is 89.6 Å². The molecule has 0 aliphatic rings. The molecule has 0 fully saturated rings. The van der Waals surface area contributed by atoms with E-state index in [-0.39, 0.29) is 4.47 Å². The van der Waals surface area contributed by atoms with Crippen molar-refractivity contribution in [3.05, 3.63) is 15.7 Å². The average molecular weight is 292 g/mol. The highest BCUT2D eigenvalue weighted by Crippen LogP contribution is 2.34. The number of pyridine rings is 1. The van der Waals surface area contributed by atoms with Gasteiger partial charge < -0.3 is 9.84 Å². The van der Waals surface area contributed by atoms with Gasteiger partial charge in [-0.3, -0.25) is 0 Å². The van der Waals surface area contributed by atoms with Gasteiger partial charge in [0.25, 0.3) is 0 Å². The zero-order valence-corrected chi connectivity index (χ0v) is 8.61. The fraction of sp³-hybridized carbons (Fsp3) is 0.167. The lowest BCUT2D eigenvalue weighted by molar-refractivity contribution is -0.276. The van der Waals surface area contributed by atoms with E-state index in [1.54, 1.807) is 0 Å². The van der Waals surface area contributed by atoms with E-state index in [9.17, 15) is 13.2 Å². The third-order valence-electron chi connectivity index (χ3n) is 1.10. The molecule has 0 saturated carbocycles. The van der Waals surface area contributed by atoms with Gasteiger partial charge in [-0.25, -0.2) is 0 Å². The van der Waals surface area contributed by atoms with E-state index in [2.05, 4.69) is 25.7 Å². The van der Waals surface area contributed by atoms with Gasteiger partial charge in [0.05, 0.1) is 4.47 Å². The number of nitrogens with zero attached hydrogens (tertiary/aromatic N) is 1. The number of ether oxygens (including phenoxy) is 1. The Morgan fingerprint density at radius 3 is 2.50 bits per heavy atom. The van der Waals surface area contributed by atoms with Crippen molar-refractivity contribution < 1.29 is 23.0 Å². The molecule has 1 aromatic rings. The third-order valence-corrected chi connectivity index (χ3v) is 1.97. The van der Waals surface area contributed by atoms with Crippen LogP contribution >= 0.6 is 27.5 Å². The highest BCUT2D eigenvalue weighted by molar-refractivity contribution is 9.10. The lowest BCUT2D eigenvalue weighted by Crippen LogP contribution is -2.17. The molecule has 1 aromatic heterocycles. The predicted molar refractivity (Wildman–Crippen MR) is 45.3 cm³/mol. The van der Waals surface area contributed by atoms with Crippen molar-refractivity contribution in [1.82, 2.24) is 4.98 Å². The normalized spacial score (nSPS) is 11.5. The van der Waals surface area contributed by atoms with Crippen molar-refractivity contribution >= 4 is 27.5 Å². The molecule has 8 heteroatoms. The van der Waals surface area contributed by atoms with Crippen LogP contribution in [0, 0.1) is 0 Å². The minimum atomic E-state index is -4.84. The molecule has 3 nitrogen and oxygen atoms in total. The number of aromatic hydroxyl groups is 1. The van der Waals surface area contributed by atoms with Crippen LogP contribution in [0.4, 0.5) is 13.2 Å². The summed E-state index contributed by atoms with van der Waals surface area (Å²) in [5.41, 5.74) is 0. The first-order valence-corrected chi connectivity index (χ1v) is 4.27. The van der Waals surface area contributed by atoms with Crippen molar-refractivity contribution in [2.24, 2.45) is 0 Å². The van der Waals surface area contributed by atoms with Crippen molar-refractivity contribution in [3.8, 4) is 11.6 Å². The lowest BCUT2D eigenvalue weighted by Gasteiger charge is -2.08.